The number of imide groups is 1. The lowest BCUT2D eigenvalue weighted by atomic mass is 9.91. The molecule has 2 fully saturated rings. The van der Waals surface area contributed by atoms with Crippen molar-refractivity contribution >= 4 is 34.8 Å². The van der Waals surface area contributed by atoms with Crippen LogP contribution in [0.2, 0.25) is 5.02 Å². The van der Waals surface area contributed by atoms with Crippen LogP contribution < -0.4 is 9.96 Å². The number of para-hydroxylation sites is 1. The summed E-state index contributed by atoms with van der Waals surface area (Å²) in [6, 6.07) is 19.4. The minimum Gasteiger partial charge on any atom is -0.273 e. The van der Waals surface area contributed by atoms with E-state index in [9.17, 15) is 9.59 Å². The molecular weight excluding hydrogens is 390 g/mol. The van der Waals surface area contributed by atoms with E-state index in [0.717, 1.165) is 11.3 Å². The zero-order valence-corrected chi connectivity index (χ0v) is 15.9. The molecule has 6 nitrogen and oxygen atoms in total. The maximum Gasteiger partial charge on any atom is 0.266 e. The number of rotatable bonds is 3. The molecule has 144 valence electrons. The molecule has 2 amide bonds. The van der Waals surface area contributed by atoms with Crippen molar-refractivity contribution in [2.45, 2.75) is 12.1 Å². The molecule has 0 N–H and O–H groups in total. The minimum atomic E-state index is -0.903. The molecule has 3 atom stereocenters. The molecule has 29 heavy (non-hydrogen) atoms. The summed E-state index contributed by atoms with van der Waals surface area (Å²) in [5.41, 5.74) is 2.08. The van der Waals surface area contributed by atoms with Gasteiger partial charge in [0, 0.05) is 17.4 Å². The van der Waals surface area contributed by atoms with E-state index in [-0.39, 0.29) is 11.8 Å². The highest BCUT2D eigenvalue weighted by Crippen LogP contribution is 2.47. The maximum absolute atomic E-state index is 13.4. The summed E-state index contributed by atoms with van der Waals surface area (Å²) in [6.45, 7) is 0. The summed E-state index contributed by atoms with van der Waals surface area (Å²) in [7, 11) is 0. The van der Waals surface area contributed by atoms with Gasteiger partial charge in [-0.15, -0.1) is 0 Å². The first-order chi connectivity index (χ1) is 14.1. The molecule has 2 aliphatic heterocycles. The Labute approximate surface area is 172 Å². The van der Waals surface area contributed by atoms with Gasteiger partial charge in [0.25, 0.3) is 5.91 Å². The molecule has 2 saturated heterocycles. The number of hydrogen-bond donors (Lipinski definition) is 0. The van der Waals surface area contributed by atoms with Crippen LogP contribution in [0.1, 0.15) is 11.6 Å². The van der Waals surface area contributed by atoms with Crippen molar-refractivity contribution in [3.05, 3.63) is 89.7 Å². The van der Waals surface area contributed by atoms with E-state index in [0.29, 0.717) is 10.7 Å². The Balaban J connectivity index is 1.59. The number of halogens is 1. The largest absolute Gasteiger partial charge is 0.273 e. The number of hydrogen-bond acceptors (Lipinski definition) is 5. The topological polar surface area (TPSA) is 62.7 Å². The summed E-state index contributed by atoms with van der Waals surface area (Å²) in [6.07, 6.45) is 2.43. The smallest absolute Gasteiger partial charge is 0.266 e. The monoisotopic (exact) mass is 405 g/mol. The van der Waals surface area contributed by atoms with Crippen molar-refractivity contribution in [1.29, 1.82) is 0 Å². The highest BCUT2D eigenvalue weighted by atomic mass is 35.5. The number of amides is 2. The van der Waals surface area contributed by atoms with Crippen LogP contribution in [-0.4, -0.2) is 22.9 Å². The van der Waals surface area contributed by atoms with Crippen LogP contribution in [0.5, 0.6) is 0 Å². The van der Waals surface area contributed by atoms with Gasteiger partial charge in [0.2, 0.25) is 5.91 Å². The molecule has 3 aromatic rings. The molecule has 5 rings (SSSR count). The molecule has 0 spiro atoms. The van der Waals surface area contributed by atoms with Gasteiger partial charge in [0.1, 0.15) is 5.92 Å². The Morgan fingerprint density at radius 3 is 2.31 bits per heavy atom. The maximum atomic E-state index is 13.4. The number of hydroxylamine groups is 1. The van der Waals surface area contributed by atoms with Gasteiger partial charge in [-0.1, -0.05) is 35.9 Å². The standard InChI is InChI=1S/C22H16ClN3O3/c23-15-5-4-8-17(13-15)25-21(27)18-19(14-9-11-24-12-10-14)26(29-20(18)22(25)28)16-6-2-1-3-7-16/h1-13,18-20H/t18-,19+,20-/m1/s1. The molecule has 7 heteroatoms. The number of carbonyl (C=O) groups is 2. The number of nitrogens with zero attached hydrogens (tertiary/aromatic N) is 3. The Bertz CT molecular complexity index is 1080. The van der Waals surface area contributed by atoms with Gasteiger partial charge in [-0.3, -0.25) is 19.4 Å². The Hall–Kier alpha value is -3.22. The molecular formula is C22H16ClN3O3. The summed E-state index contributed by atoms with van der Waals surface area (Å²) in [5.74, 6) is -1.37. The van der Waals surface area contributed by atoms with Crippen molar-refractivity contribution in [3.8, 4) is 0 Å². The number of fused-ring (bicyclic) bond motifs is 1. The van der Waals surface area contributed by atoms with Crippen LogP contribution >= 0.6 is 11.6 Å². The fourth-order valence-corrected chi connectivity index (χ4v) is 4.17. The van der Waals surface area contributed by atoms with Crippen LogP contribution in [0.15, 0.2) is 79.1 Å². The summed E-state index contributed by atoms with van der Waals surface area (Å²) >= 11 is 6.07. The van der Waals surface area contributed by atoms with E-state index < -0.39 is 18.1 Å². The summed E-state index contributed by atoms with van der Waals surface area (Å²) < 4.78 is 0. The summed E-state index contributed by atoms with van der Waals surface area (Å²) in [5, 5.41) is 2.12. The van der Waals surface area contributed by atoms with Gasteiger partial charge < -0.3 is 0 Å². The van der Waals surface area contributed by atoms with Gasteiger partial charge in [-0.05, 0) is 48.0 Å². The first kappa shape index (κ1) is 17.8. The van der Waals surface area contributed by atoms with Crippen molar-refractivity contribution in [2.24, 2.45) is 5.92 Å². The van der Waals surface area contributed by atoms with Crippen LogP contribution in [0.4, 0.5) is 11.4 Å². The number of pyridine rings is 1. The fraction of sp³-hybridized carbons (Fsp3) is 0.136. The second-order valence-electron chi connectivity index (χ2n) is 6.93. The number of carbonyl (C=O) groups excluding carboxylic acids is 2. The summed E-state index contributed by atoms with van der Waals surface area (Å²) in [4.78, 5) is 37.9. The quantitative estimate of drug-likeness (QED) is 0.620. The van der Waals surface area contributed by atoms with Crippen molar-refractivity contribution in [3.63, 3.8) is 0 Å². The van der Waals surface area contributed by atoms with Gasteiger partial charge in [-0.25, -0.2) is 9.96 Å². The van der Waals surface area contributed by atoms with Crippen molar-refractivity contribution in [2.75, 3.05) is 9.96 Å². The number of aromatic nitrogens is 1. The van der Waals surface area contributed by atoms with Gasteiger partial charge in [0.15, 0.2) is 6.10 Å². The van der Waals surface area contributed by atoms with Crippen molar-refractivity contribution in [1.82, 2.24) is 4.98 Å². The average molecular weight is 406 g/mol. The minimum absolute atomic E-state index is 0.303. The first-order valence-corrected chi connectivity index (χ1v) is 9.57. The van der Waals surface area contributed by atoms with Crippen LogP contribution in [-0.2, 0) is 14.4 Å². The lowest BCUT2D eigenvalue weighted by molar-refractivity contribution is -0.126. The molecule has 2 aromatic carbocycles. The molecule has 0 radical (unpaired) electrons. The predicted molar refractivity (Wildman–Crippen MR) is 108 cm³/mol. The molecule has 0 saturated carbocycles. The molecule has 0 bridgehead atoms. The normalized spacial score (nSPS) is 23.6. The second kappa shape index (κ2) is 6.99. The van der Waals surface area contributed by atoms with E-state index in [2.05, 4.69) is 4.98 Å². The Morgan fingerprint density at radius 2 is 1.59 bits per heavy atom. The third kappa shape index (κ3) is 2.88. The average Bonchev–Trinajstić information content (AvgIpc) is 3.26. The van der Waals surface area contributed by atoms with Crippen LogP contribution in [0, 0.1) is 5.92 Å². The van der Waals surface area contributed by atoms with E-state index in [1.54, 1.807) is 41.7 Å². The van der Waals surface area contributed by atoms with Crippen LogP contribution in [0.3, 0.4) is 0 Å². The van der Waals surface area contributed by atoms with Crippen LogP contribution in [0.25, 0.3) is 0 Å². The molecule has 0 unspecified atom stereocenters. The van der Waals surface area contributed by atoms with E-state index in [1.165, 1.54) is 4.90 Å². The number of benzene rings is 2. The van der Waals surface area contributed by atoms with E-state index in [4.69, 9.17) is 16.4 Å². The van der Waals surface area contributed by atoms with E-state index in [1.807, 2.05) is 42.5 Å². The molecule has 3 heterocycles. The van der Waals surface area contributed by atoms with Gasteiger partial charge in [-0.2, -0.15) is 0 Å². The molecule has 2 aliphatic rings. The predicted octanol–water partition coefficient (Wildman–Crippen LogP) is 3.79. The fourth-order valence-electron chi connectivity index (χ4n) is 3.98. The number of anilines is 2. The zero-order valence-electron chi connectivity index (χ0n) is 15.2. The third-order valence-electron chi connectivity index (χ3n) is 5.24. The SMILES string of the molecule is O=C1[C@H]2[C@@H](ON(c3ccccc3)[C@H]2c2ccncc2)C(=O)N1c1cccc(Cl)c1. The van der Waals surface area contributed by atoms with Gasteiger partial charge >= 0.3 is 0 Å². The lowest BCUT2D eigenvalue weighted by Gasteiger charge is -2.28. The van der Waals surface area contributed by atoms with Crippen molar-refractivity contribution < 1.29 is 14.4 Å². The Morgan fingerprint density at radius 1 is 0.862 bits per heavy atom. The highest BCUT2D eigenvalue weighted by molar-refractivity contribution is 6.31. The van der Waals surface area contributed by atoms with E-state index >= 15 is 0 Å². The highest BCUT2D eigenvalue weighted by Gasteiger charge is 2.60. The Kier molecular flexibility index (Phi) is 4.30. The lowest BCUT2D eigenvalue weighted by Crippen LogP contribution is -2.37. The third-order valence-corrected chi connectivity index (χ3v) is 5.48. The molecule has 0 aliphatic carbocycles. The van der Waals surface area contributed by atoms with Gasteiger partial charge in [0.05, 0.1) is 17.4 Å². The zero-order chi connectivity index (χ0) is 20.0. The second-order valence-corrected chi connectivity index (χ2v) is 7.37. The molecule has 1 aromatic heterocycles. The first-order valence-electron chi connectivity index (χ1n) is 9.19.